The van der Waals surface area contributed by atoms with Crippen molar-refractivity contribution in [1.29, 1.82) is 0 Å². The van der Waals surface area contributed by atoms with Crippen molar-refractivity contribution in [2.75, 3.05) is 5.32 Å². The lowest BCUT2D eigenvalue weighted by Crippen LogP contribution is -2.11. The van der Waals surface area contributed by atoms with Gasteiger partial charge in [-0.1, -0.05) is 29.8 Å². The fraction of sp³-hybridized carbons (Fsp3) is 0. The Balaban J connectivity index is 1.95. The Labute approximate surface area is 128 Å². The van der Waals surface area contributed by atoms with Crippen LogP contribution in [0.4, 0.5) is 14.5 Å². The van der Waals surface area contributed by atoms with Crippen molar-refractivity contribution in [2.24, 2.45) is 0 Å². The highest BCUT2D eigenvalue weighted by Gasteiger charge is 2.17. The summed E-state index contributed by atoms with van der Waals surface area (Å²) >= 11 is 7.41. The van der Waals surface area contributed by atoms with Crippen LogP contribution in [0.5, 0.6) is 0 Å². The Hall–Kier alpha value is -1.98. The van der Waals surface area contributed by atoms with Gasteiger partial charge in [0.25, 0.3) is 5.91 Å². The largest absolute Gasteiger partial charge is 0.321 e. The molecule has 0 spiro atoms. The van der Waals surface area contributed by atoms with Crippen LogP contribution in [0.25, 0.3) is 10.1 Å². The molecular formula is C15H8ClF2NOS. The monoisotopic (exact) mass is 323 g/mol. The summed E-state index contributed by atoms with van der Waals surface area (Å²) in [6.45, 7) is 0. The minimum absolute atomic E-state index is 0.0472. The van der Waals surface area contributed by atoms with E-state index in [0.717, 1.165) is 28.3 Å². The molecule has 0 aliphatic carbocycles. The summed E-state index contributed by atoms with van der Waals surface area (Å²) in [5.41, 5.74) is 0.0472. The number of hydrogen-bond acceptors (Lipinski definition) is 2. The first-order chi connectivity index (χ1) is 10.0. The molecule has 2 nitrogen and oxygen atoms in total. The molecule has 0 saturated carbocycles. The maximum Gasteiger partial charge on any atom is 0.267 e. The molecule has 0 atom stereocenters. The van der Waals surface area contributed by atoms with Gasteiger partial charge in [-0.3, -0.25) is 4.79 Å². The Morgan fingerprint density at radius 1 is 1.10 bits per heavy atom. The van der Waals surface area contributed by atoms with Gasteiger partial charge in [-0.15, -0.1) is 11.3 Å². The van der Waals surface area contributed by atoms with E-state index in [-0.39, 0.29) is 5.69 Å². The summed E-state index contributed by atoms with van der Waals surface area (Å²) in [4.78, 5) is 12.5. The smallest absolute Gasteiger partial charge is 0.267 e. The zero-order valence-electron chi connectivity index (χ0n) is 10.5. The van der Waals surface area contributed by atoms with Crippen LogP contribution in [0, 0.1) is 11.6 Å². The van der Waals surface area contributed by atoms with Crippen LogP contribution >= 0.6 is 22.9 Å². The molecule has 3 aromatic rings. The van der Waals surface area contributed by atoms with Crippen molar-refractivity contribution in [3.05, 3.63) is 64.0 Å². The van der Waals surface area contributed by atoms with Gasteiger partial charge in [-0.05, 0) is 18.2 Å². The molecule has 0 fully saturated rings. The number of rotatable bonds is 2. The van der Waals surface area contributed by atoms with Gasteiger partial charge in [0.05, 0.1) is 5.02 Å². The zero-order chi connectivity index (χ0) is 15.0. The Bertz CT molecular complexity index is 827. The van der Waals surface area contributed by atoms with Crippen LogP contribution in [0.1, 0.15) is 9.67 Å². The first-order valence-electron chi connectivity index (χ1n) is 5.99. The van der Waals surface area contributed by atoms with Gasteiger partial charge >= 0.3 is 0 Å². The van der Waals surface area contributed by atoms with E-state index in [1.165, 1.54) is 11.3 Å². The molecule has 0 unspecified atom stereocenters. The minimum atomic E-state index is -0.757. The van der Waals surface area contributed by atoms with E-state index < -0.39 is 17.5 Å². The summed E-state index contributed by atoms with van der Waals surface area (Å²) in [6, 6.07) is 10.2. The third-order valence-corrected chi connectivity index (χ3v) is 4.54. The van der Waals surface area contributed by atoms with Crippen LogP contribution in [0.2, 0.25) is 5.02 Å². The quantitative estimate of drug-likeness (QED) is 0.699. The first kappa shape index (κ1) is 14.0. The highest BCUT2D eigenvalue weighted by Crippen LogP contribution is 2.35. The molecule has 0 aliphatic heterocycles. The summed E-state index contributed by atoms with van der Waals surface area (Å²) in [5, 5.41) is 3.56. The minimum Gasteiger partial charge on any atom is -0.321 e. The van der Waals surface area contributed by atoms with E-state index in [4.69, 9.17) is 11.6 Å². The number of halogens is 3. The maximum absolute atomic E-state index is 13.1. The summed E-state index contributed by atoms with van der Waals surface area (Å²) in [6.07, 6.45) is 0. The normalized spacial score (nSPS) is 10.8. The standard InChI is InChI=1S/C15H8ClF2NOS/c16-13-11-3-1-2-4-12(11)21-14(13)15(20)19-10-6-8(17)5-9(18)7-10/h1-7H,(H,19,20). The van der Waals surface area contributed by atoms with Gasteiger partial charge in [0.15, 0.2) is 0 Å². The van der Waals surface area contributed by atoms with Gasteiger partial charge < -0.3 is 5.32 Å². The van der Waals surface area contributed by atoms with E-state index in [2.05, 4.69) is 5.32 Å². The average molecular weight is 324 g/mol. The van der Waals surface area contributed by atoms with E-state index in [9.17, 15) is 13.6 Å². The predicted molar refractivity (Wildman–Crippen MR) is 81.1 cm³/mol. The van der Waals surface area contributed by atoms with Crippen molar-refractivity contribution < 1.29 is 13.6 Å². The molecule has 21 heavy (non-hydrogen) atoms. The van der Waals surface area contributed by atoms with Crippen molar-refractivity contribution in [3.63, 3.8) is 0 Å². The Kier molecular flexibility index (Phi) is 3.61. The zero-order valence-corrected chi connectivity index (χ0v) is 12.1. The molecule has 1 heterocycles. The van der Waals surface area contributed by atoms with Crippen LogP contribution in [0.3, 0.4) is 0 Å². The Morgan fingerprint density at radius 2 is 1.76 bits per heavy atom. The number of carbonyl (C=O) groups is 1. The van der Waals surface area contributed by atoms with Gasteiger partial charge in [-0.25, -0.2) is 8.78 Å². The first-order valence-corrected chi connectivity index (χ1v) is 7.18. The van der Waals surface area contributed by atoms with Crippen LogP contribution in [-0.2, 0) is 0 Å². The average Bonchev–Trinajstić information content (AvgIpc) is 2.76. The summed E-state index contributed by atoms with van der Waals surface area (Å²) in [7, 11) is 0. The lowest BCUT2D eigenvalue weighted by Gasteiger charge is -2.04. The molecule has 1 amide bonds. The van der Waals surface area contributed by atoms with Crippen molar-refractivity contribution in [1.82, 2.24) is 0 Å². The number of nitrogens with one attached hydrogen (secondary N) is 1. The van der Waals surface area contributed by atoms with Gasteiger partial charge in [0.1, 0.15) is 16.5 Å². The number of hydrogen-bond donors (Lipinski definition) is 1. The summed E-state index contributed by atoms with van der Waals surface area (Å²) in [5.74, 6) is -2.01. The molecular weight excluding hydrogens is 316 g/mol. The number of fused-ring (bicyclic) bond motifs is 1. The molecule has 3 rings (SSSR count). The van der Waals surface area contributed by atoms with Gasteiger partial charge in [0, 0.05) is 21.8 Å². The van der Waals surface area contributed by atoms with E-state index in [1.807, 2.05) is 24.3 Å². The van der Waals surface area contributed by atoms with Crippen LogP contribution in [0.15, 0.2) is 42.5 Å². The molecule has 1 N–H and O–H groups in total. The maximum atomic E-state index is 13.1. The molecule has 1 aromatic heterocycles. The molecule has 0 radical (unpaired) electrons. The fourth-order valence-corrected chi connectivity index (χ4v) is 3.39. The molecule has 2 aromatic carbocycles. The number of thiophene rings is 1. The third kappa shape index (κ3) is 2.75. The highest BCUT2D eigenvalue weighted by atomic mass is 35.5. The third-order valence-electron chi connectivity index (χ3n) is 2.86. The molecule has 0 bridgehead atoms. The van der Waals surface area contributed by atoms with Crippen molar-refractivity contribution in [3.8, 4) is 0 Å². The van der Waals surface area contributed by atoms with Crippen LogP contribution < -0.4 is 5.32 Å². The predicted octanol–water partition coefficient (Wildman–Crippen LogP) is 5.09. The second-order valence-corrected chi connectivity index (χ2v) is 5.78. The van der Waals surface area contributed by atoms with E-state index >= 15 is 0 Å². The number of benzene rings is 2. The van der Waals surface area contributed by atoms with E-state index in [1.54, 1.807) is 0 Å². The molecule has 106 valence electrons. The fourth-order valence-electron chi connectivity index (χ4n) is 1.97. The lowest BCUT2D eigenvalue weighted by atomic mass is 10.2. The Morgan fingerprint density at radius 3 is 2.43 bits per heavy atom. The van der Waals surface area contributed by atoms with Crippen molar-refractivity contribution >= 4 is 44.6 Å². The molecule has 0 aliphatic rings. The number of anilines is 1. The second kappa shape index (κ2) is 5.42. The topological polar surface area (TPSA) is 29.1 Å². The van der Waals surface area contributed by atoms with Crippen molar-refractivity contribution in [2.45, 2.75) is 0 Å². The lowest BCUT2D eigenvalue weighted by molar-refractivity contribution is 0.103. The highest BCUT2D eigenvalue weighted by molar-refractivity contribution is 7.21. The summed E-state index contributed by atoms with van der Waals surface area (Å²) < 4.78 is 27.1. The second-order valence-electron chi connectivity index (χ2n) is 4.35. The SMILES string of the molecule is O=C(Nc1cc(F)cc(F)c1)c1sc2ccccc2c1Cl. The van der Waals surface area contributed by atoms with Gasteiger partial charge in [0.2, 0.25) is 0 Å². The number of amides is 1. The number of carbonyl (C=O) groups excluding carboxylic acids is 1. The van der Waals surface area contributed by atoms with E-state index in [0.29, 0.717) is 9.90 Å². The molecule has 0 saturated heterocycles. The van der Waals surface area contributed by atoms with Gasteiger partial charge in [-0.2, -0.15) is 0 Å². The molecule has 6 heteroatoms. The van der Waals surface area contributed by atoms with Crippen LogP contribution in [-0.4, -0.2) is 5.91 Å².